The molecule has 2 aliphatic heterocycles. The number of rotatable bonds is 3. The van der Waals surface area contributed by atoms with Crippen molar-refractivity contribution in [2.75, 3.05) is 36.5 Å². The zero-order valence-electron chi connectivity index (χ0n) is 18.5. The highest BCUT2D eigenvalue weighted by Gasteiger charge is 2.20. The number of aromatic nitrogens is 2. The second-order valence-corrected chi connectivity index (χ2v) is 8.98. The summed E-state index contributed by atoms with van der Waals surface area (Å²) in [5, 5.41) is 4.14. The van der Waals surface area contributed by atoms with Gasteiger partial charge in [0.2, 0.25) is 0 Å². The predicted molar refractivity (Wildman–Crippen MR) is 131 cm³/mol. The number of hydrogen-bond donors (Lipinski definition) is 1. The lowest BCUT2D eigenvalue weighted by molar-refractivity contribution is 0.102. The quantitative estimate of drug-likeness (QED) is 0.624. The normalized spacial score (nSPS) is 16.7. The van der Waals surface area contributed by atoms with Gasteiger partial charge in [-0.15, -0.1) is 0 Å². The number of benzene rings is 2. The van der Waals surface area contributed by atoms with Gasteiger partial charge in [-0.2, -0.15) is 0 Å². The fourth-order valence-corrected chi connectivity index (χ4v) is 4.95. The molecule has 1 saturated heterocycles. The van der Waals surface area contributed by atoms with Crippen LogP contribution in [0, 0.1) is 0 Å². The third-order valence-electron chi connectivity index (χ3n) is 6.39. The largest absolute Gasteiger partial charge is 0.378 e. The minimum absolute atomic E-state index is 0.0201. The first kappa shape index (κ1) is 21.9. The number of fused-ring (bicyclic) bond motifs is 2. The molecule has 8 heteroatoms. The van der Waals surface area contributed by atoms with Gasteiger partial charge >= 0.3 is 0 Å². The van der Waals surface area contributed by atoms with E-state index < -0.39 is 0 Å². The van der Waals surface area contributed by atoms with Crippen LogP contribution in [0.4, 0.5) is 11.4 Å². The fraction of sp³-hybridized carbons (Fsp3) is 0.400. The number of para-hydroxylation sites is 1. The van der Waals surface area contributed by atoms with Crippen LogP contribution in [-0.4, -0.2) is 41.8 Å². The summed E-state index contributed by atoms with van der Waals surface area (Å²) in [6.45, 7) is 3.37. The summed E-state index contributed by atoms with van der Waals surface area (Å²) < 4.78 is 7.26. The summed E-state index contributed by atoms with van der Waals surface area (Å²) in [5.74, 6) is 0.552. The number of aryl methyl sites for hydroxylation is 1. The van der Waals surface area contributed by atoms with Crippen molar-refractivity contribution in [3.63, 3.8) is 0 Å². The average molecular weight is 467 g/mol. The van der Waals surface area contributed by atoms with Gasteiger partial charge in [0.05, 0.1) is 40.5 Å². The molecule has 172 valence electrons. The van der Waals surface area contributed by atoms with Crippen LogP contribution in [0.2, 0.25) is 5.02 Å². The summed E-state index contributed by atoms with van der Waals surface area (Å²) in [6.07, 6.45) is 5.09. The van der Waals surface area contributed by atoms with Crippen molar-refractivity contribution in [2.45, 2.75) is 38.6 Å². The van der Waals surface area contributed by atoms with Gasteiger partial charge in [0.25, 0.3) is 11.5 Å². The Hall–Kier alpha value is -2.90. The first-order valence-corrected chi connectivity index (χ1v) is 12.0. The smallest absolute Gasteiger partial charge is 0.261 e. The maximum Gasteiger partial charge on any atom is 0.261 e. The van der Waals surface area contributed by atoms with E-state index in [1.807, 2.05) is 22.8 Å². The summed E-state index contributed by atoms with van der Waals surface area (Å²) in [6, 6.07) is 10.6. The Morgan fingerprint density at radius 3 is 2.70 bits per heavy atom. The molecule has 3 aromatic rings. The molecule has 0 bridgehead atoms. The monoisotopic (exact) mass is 466 g/mol. The van der Waals surface area contributed by atoms with Gasteiger partial charge in [0.1, 0.15) is 5.82 Å². The zero-order valence-corrected chi connectivity index (χ0v) is 19.2. The summed E-state index contributed by atoms with van der Waals surface area (Å²) in [7, 11) is 0. The van der Waals surface area contributed by atoms with Crippen LogP contribution < -0.4 is 15.8 Å². The predicted octanol–water partition coefficient (Wildman–Crippen LogP) is 4.26. The van der Waals surface area contributed by atoms with Crippen molar-refractivity contribution < 1.29 is 9.53 Å². The summed E-state index contributed by atoms with van der Waals surface area (Å²) >= 11 is 6.50. The molecule has 3 heterocycles. The molecule has 5 rings (SSSR count). The number of nitrogens with zero attached hydrogens (tertiary/aromatic N) is 3. The Kier molecular flexibility index (Phi) is 6.33. The molecule has 2 aromatic carbocycles. The van der Waals surface area contributed by atoms with E-state index >= 15 is 0 Å². The molecule has 0 unspecified atom stereocenters. The molecule has 1 aromatic heterocycles. The second-order valence-electron chi connectivity index (χ2n) is 8.57. The van der Waals surface area contributed by atoms with Gasteiger partial charge in [0, 0.05) is 31.6 Å². The lowest BCUT2D eigenvalue weighted by atomic mass is 10.1. The van der Waals surface area contributed by atoms with E-state index in [4.69, 9.17) is 21.3 Å². The van der Waals surface area contributed by atoms with Crippen molar-refractivity contribution in [3.8, 4) is 0 Å². The first-order chi connectivity index (χ1) is 16.1. The molecule has 7 nitrogen and oxygen atoms in total. The maximum atomic E-state index is 13.2. The first-order valence-electron chi connectivity index (χ1n) is 11.6. The number of halogens is 1. The number of anilines is 2. The minimum Gasteiger partial charge on any atom is -0.378 e. The van der Waals surface area contributed by atoms with Gasteiger partial charge in [0.15, 0.2) is 0 Å². The van der Waals surface area contributed by atoms with Crippen LogP contribution in [-0.2, 0) is 17.7 Å². The Labute approximate surface area is 197 Å². The second kappa shape index (κ2) is 9.53. The van der Waals surface area contributed by atoms with Gasteiger partial charge in [-0.3, -0.25) is 14.2 Å². The van der Waals surface area contributed by atoms with Crippen LogP contribution in [0.15, 0.2) is 41.2 Å². The molecule has 0 spiro atoms. The van der Waals surface area contributed by atoms with E-state index in [-0.39, 0.29) is 11.5 Å². The van der Waals surface area contributed by atoms with Crippen molar-refractivity contribution >= 4 is 39.8 Å². The number of carbonyl (C=O) groups excluding carboxylic acids is 1. The lowest BCUT2D eigenvalue weighted by Gasteiger charge is -2.31. The van der Waals surface area contributed by atoms with E-state index in [0.29, 0.717) is 60.0 Å². The zero-order chi connectivity index (χ0) is 22.8. The van der Waals surface area contributed by atoms with Gasteiger partial charge < -0.3 is 15.0 Å². The number of ether oxygens (including phenoxy) is 1. The van der Waals surface area contributed by atoms with Gasteiger partial charge in [-0.25, -0.2) is 4.98 Å². The van der Waals surface area contributed by atoms with E-state index in [1.54, 1.807) is 18.2 Å². The molecule has 0 atom stereocenters. The summed E-state index contributed by atoms with van der Waals surface area (Å²) in [5.41, 5.74) is 2.46. The highest BCUT2D eigenvalue weighted by Crippen LogP contribution is 2.34. The highest BCUT2D eigenvalue weighted by atomic mass is 35.5. The number of carbonyl (C=O) groups is 1. The van der Waals surface area contributed by atoms with Gasteiger partial charge in [-0.05, 0) is 43.2 Å². The average Bonchev–Trinajstić information content (AvgIpc) is 2.81. The van der Waals surface area contributed by atoms with Crippen LogP contribution in [0.3, 0.4) is 0 Å². The molecule has 0 aliphatic carbocycles. The summed E-state index contributed by atoms with van der Waals surface area (Å²) in [4.78, 5) is 33.1. The molecular weight excluding hydrogens is 440 g/mol. The van der Waals surface area contributed by atoms with Crippen molar-refractivity contribution in [1.82, 2.24) is 9.55 Å². The number of morpholine rings is 1. The fourth-order valence-electron chi connectivity index (χ4n) is 4.66. The minimum atomic E-state index is -0.262. The molecule has 0 radical (unpaired) electrons. The van der Waals surface area contributed by atoms with Crippen LogP contribution >= 0.6 is 11.6 Å². The van der Waals surface area contributed by atoms with Crippen molar-refractivity contribution in [1.29, 1.82) is 0 Å². The molecular formula is C25H27ClN4O3. The van der Waals surface area contributed by atoms with Crippen molar-refractivity contribution in [2.24, 2.45) is 0 Å². The molecule has 2 aliphatic rings. The SMILES string of the molecule is O=C(Nc1cccc(Cl)c1N1CCOCC1)c1ccc2c(=O)n3c(nc2c1)CCCCCC3. The van der Waals surface area contributed by atoms with Crippen LogP contribution in [0.25, 0.3) is 10.9 Å². The Balaban J connectivity index is 1.46. The molecule has 33 heavy (non-hydrogen) atoms. The molecule has 0 saturated carbocycles. The number of amides is 1. The molecule has 1 N–H and O–H groups in total. The number of hydrogen-bond acceptors (Lipinski definition) is 5. The number of nitrogens with one attached hydrogen (secondary N) is 1. The van der Waals surface area contributed by atoms with E-state index in [2.05, 4.69) is 10.2 Å². The highest BCUT2D eigenvalue weighted by molar-refractivity contribution is 6.34. The lowest BCUT2D eigenvalue weighted by Crippen LogP contribution is -2.37. The third-order valence-corrected chi connectivity index (χ3v) is 6.70. The Morgan fingerprint density at radius 1 is 1.03 bits per heavy atom. The van der Waals surface area contributed by atoms with E-state index in [0.717, 1.165) is 43.6 Å². The maximum absolute atomic E-state index is 13.2. The molecule has 1 amide bonds. The molecule has 1 fully saturated rings. The van der Waals surface area contributed by atoms with Gasteiger partial charge in [-0.1, -0.05) is 30.5 Å². The Morgan fingerprint density at radius 2 is 1.85 bits per heavy atom. The topological polar surface area (TPSA) is 76.5 Å². The van der Waals surface area contributed by atoms with Crippen LogP contribution in [0.1, 0.15) is 41.9 Å². The Bertz CT molecular complexity index is 1250. The van der Waals surface area contributed by atoms with E-state index in [9.17, 15) is 9.59 Å². The third kappa shape index (κ3) is 4.48. The van der Waals surface area contributed by atoms with Crippen molar-refractivity contribution in [3.05, 3.63) is 63.2 Å². The standard InChI is InChI=1S/C25H27ClN4O3/c26-19-6-5-7-20(23(19)29-12-14-33-15-13-29)28-24(31)17-9-10-18-21(16-17)27-22-8-3-1-2-4-11-30(22)25(18)32/h5-7,9-10,16H,1-4,8,11-15H2,(H,28,31). The van der Waals surface area contributed by atoms with Crippen LogP contribution in [0.5, 0.6) is 0 Å². The van der Waals surface area contributed by atoms with E-state index in [1.165, 1.54) is 0 Å².